The molecule has 0 heterocycles. The Kier molecular flexibility index (Phi) is 6.40. The van der Waals surface area contributed by atoms with Crippen molar-refractivity contribution in [1.29, 1.82) is 0 Å². The molecule has 134 valence electrons. The number of hydrogen-bond acceptors (Lipinski definition) is 3. The van der Waals surface area contributed by atoms with Crippen molar-refractivity contribution in [1.82, 2.24) is 0 Å². The van der Waals surface area contributed by atoms with Gasteiger partial charge in [-0.25, -0.2) is 0 Å². The summed E-state index contributed by atoms with van der Waals surface area (Å²) in [5.41, 5.74) is 8.55. The van der Waals surface area contributed by atoms with Crippen LogP contribution in [0.5, 0.6) is 11.5 Å². The van der Waals surface area contributed by atoms with Crippen LogP contribution in [-0.4, -0.2) is 13.2 Å². The Morgan fingerprint density at radius 3 is 2.19 bits per heavy atom. The van der Waals surface area contributed by atoms with Gasteiger partial charge in [-0.05, 0) is 41.0 Å². The molecule has 5 heteroatoms. The number of hydrogen-bond donors (Lipinski definition) is 1. The molecule has 0 amide bonds. The molecule has 3 nitrogen and oxygen atoms in total. The van der Waals surface area contributed by atoms with Crippen molar-refractivity contribution in [3.8, 4) is 22.6 Å². The summed E-state index contributed by atoms with van der Waals surface area (Å²) < 4.78 is 11.7. The highest BCUT2D eigenvalue weighted by Gasteiger charge is 2.10. The smallest absolute Gasteiger partial charge is 0.162 e. The van der Waals surface area contributed by atoms with E-state index in [1.54, 1.807) is 6.07 Å². The average molecular weight is 388 g/mol. The van der Waals surface area contributed by atoms with E-state index in [9.17, 15) is 0 Å². The lowest BCUT2D eigenvalue weighted by atomic mass is 10.1. The van der Waals surface area contributed by atoms with Gasteiger partial charge in [0, 0.05) is 6.54 Å². The SMILES string of the molecule is NCCOc1ccc(-c2ccc(Cl)c(Cl)c2)cc1OCc1ccccc1. The first-order chi connectivity index (χ1) is 12.7. The normalized spacial score (nSPS) is 10.6. The molecule has 0 fully saturated rings. The summed E-state index contributed by atoms with van der Waals surface area (Å²) in [6.07, 6.45) is 0. The standard InChI is InChI=1S/C21H19Cl2NO2/c22-18-8-6-16(12-19(18)23)17-7-9-20(25-11-10-24)21(13-17)26-14-15-4-2-1-3-5-15/h1-9,12-13H,10-11,14,24H2. The van der Waals surface area contributed by atoms with E-state index in [1.807, 2.05) is 60.7 Å². The van der Waals surface area contributed by atoms with Crippen LogP contribution in [0.2, 0.25) is 10.0 Å². The van der Waals surface area contributed by atoms with Crippen molar-refractivity contribution in [3.63, 3.8) is 0 Å². The average Bonchev–Trinajstić information content (AvgIpc) is 2.68. The van der Waals surface area contributed by atoms with E-state index in [-0.39, 0.29) is 0 Å². The predicted octanol–water partition coefficient (Wildman–Crippen LogP) is 5.58. The Labute approximate surface area is 163 Å². The van der Waals surface area contributed by atoms with Crippen LogP contribution in [-0.2, 0) is 6.61 Å². The molecule has 0 aliphatic heterocycles. The van der Waals surface area contributed by atoms with Gasteiger partial charge in [-0.15, -0.1) is 0 Å². The van der Waals surface area contributed by atoms with Crippen LogP contribution in [0.4, 0.5) is 0 Å². The van der Waals surface area contributed by atoms with Gasteiger partial charge in [-0.1, -0.05) is 65.7 Å². The van der Waals surface area contributed by atoms with Crippen molar-refractivity contribution in [2.24, 2.45) is 5.73 Å². The first-order valence-electron chi connectivity index (χ1n) is 8.26. The van der Waals surface area contributed by atoms with Crippen LogP contribution in [0.3, 0.4) is 0 Å². The molecular weight excluding hydrogens is 369 g/mol. The third-order valence-electron chi connectivity index (χ3n) is 3.81. The third kappa shape index (κ3) is 4.70. The molecule has 0 atom stereocenters. The van der Waals surface area contributed by atoms with Crippen LogP contribution in [0.1, 0.15) is 5.56 Å². The lowest BCUT2D eigenvalue weighted by Crippen LogP contribution is -2.11. The largest absolute Gasteiger partial charge is 0.488 e. The van der Waals surface area contributed by atoms with Crippen LogP contribution in [0.25, 0.3) is 11.1 Å². The molecule has 0 aliphatic carbocycles. The molecule has 0 unspecified atom stereocenters. The highest BCUT2D eigenvalue weighted by atomic mass is 35.5. The lowest BCUT2D eigenvalue weighted by molar-refractivity contribution is 0.266. The van der Waals surface area contributed by atoms with Gasteiger partial charge in [-0.2, -0.15) is 0 Å². The van der Waals surface area contributed by atoms with Crippen LogP contribution < -0.4 is 15.2 Å². The van der Waals surface area contributed by atoms with Gasteiger partial charge in [-0.3, -0.25) is 0 Å². The van der Waals surface area contributed by atoms with E-state index in [0.717, 1.165) is 16.7 Å². The van der Waals surface area contributed by atoms with E-state index in [1.165, 1.54) is 0 Å². The van der Waals surface area contributed by atoms with Gasteiger partial charge in [0.25, 0.3) is 0 Å². The van der Waals surface area contributed by atoms with Gasteiger partial charge in [0.2, 0.25) is 0 Å². The minimum Gasteiger partial charge on any atom is -0.488 e. The predicted molar refractivity (Wildman–Crippen MR) is 107 cm³/mol. The molecule has 0 bridgehead atoms. The summed E-state index contributed by atoms with van der Waals surface area (Å²) in [7, 11) is 0. The van der Waals surface area contributed by atoms with Gasteiger partial charge >= 0.3 is 0 Å². The fraction of sp³-hybridized carbons (Fsp3) is 0.143. The van der Waals surface area contributed by atoms with E-state index < -0.39 is 0 Å². The highest BCUT2D eigenvalue weighted by Crippen LogP contribution is 2.35. The number of ether oxygens (including phenoxy) is 2. The maximum atomic E-state index is 6.14. The van der Waals surface area contributed by atoms with Gasteiger partial charge in [0.1, 0.15) is 13.2 Å². The summed E-state index contributed by atoms with van der Waals surface area (Å²) >= 11 is 12.2. The summed E-state index contributed by atoms with van der Waals surface area (Å²) in [6.45, 7) is 1.31. The quantitative estimate of drug-likeness (QED) is 0.575. The van der Waals surface area contributed by atoms with E-state index >= 15 is 0 Å². The Bertz CT molecular complexity index is 869. The van der Waals surface area contributed by atoms with Crippen LogP contribution in [0.15, 0.2) is 66.7 Å². The molecule has 0 aliphatic rings. The zero-order valence-corrected chi connectivity index (χ0v) is 15.6. The third-order valence-corrected chi connectivity index (χ3v) is 4.55. The van der Waals surface area contributed by atoms with Crippen LogP contribution >= 0.6 is 23.2 Å². The maximum Gasteiger partial charge on any atom is 0.162 e. The Balaban J connectivity index is 1.88. The van der Waals surface area contributed by atoms with Crippen molar-refractivity contribution < 1.29 is 9.47 Å². The minimum atomic E-state index is 0.424. The molecule has 26 heavy (non-hydrogen) atoms. The topological polar surface area (TPSA) is 44.5 Å². The van der Waals surface area contributed by atoms with Crippen molar-refractivity contribution >= 4 is 23.2 Å². The zero-order chi connectivity index (χ0) is 18.4. The second kappa shape index (κ2) is 8.95. The maximum absolute atomic E-state index is 6.14. The molecule has 3 aromatic carbocycles. The molecule has 0 spiro atoms. The molecule has 3 aromatic rings. The Hall–Kier alpha value is -2.20. The number of benzene rings is 3. The second-order valence-electron chi connectivity index (χ2n) is 5.70. The summed E-state index contributed by atoms with van der Waals surface area (Å²) in [5.74, 6) is 1.32. The Morgan fingerprint density at radius 1 is 0.731 bits per heavy atom. The van der Waals surface area contributed by atoms with Crippen molar-refractivity contribution in [2.45, 2.75) is 6.61 Å². The highest BCUT2D eigenvalue weighted by molar-refractivity contribution is 6.42. The van der Waals surface area contributed by atoms with Gasteiger partial charge in [0.15, 0.2) is 11.5 Å². The van der Waals surface area contributed by atoms with Crippen LogP contribution in [0, 0.1) is 0 Å². The second-order valence-corrected chi connectivity index (χ2v) is 6.52. The molecule has 0 radical (unpaired) electrons. The van der Waals surface area contributed by atoms with E-state index in [2.05, 4.69) is 0 Å². The van der Waals surface area contributed by atoms with E-state index in [4.69, 9.17) is 38.4 Å². The molecule has 3 rings (SSSR count). The molecule has 0 saturated heterocycles. The fourth-order valence-electron chi connectivity index (χ4n) is 2.50. The Morgan fingerprint density at radius 2 is 1.46 bits per heavy atom. The fourth-order valence-corrected chi connectivity index (χ4v) is 2.80. The van der Waals surface area contributed by atoms with Crippen molar-refractivity contribution in [2.75, 3.05) is 13.2 Å². The number of nitrogens with two attached hydrogens (primary N) is 1. The minimum absolute atomic E-state index is 0.424. The first-order valence-corrected chi connectivity index (χ1v) is 9.02. The molecular formula is C21H19Cl2NO2. The zero-order valence-electron chi connectivity index (χ0n) is 14.1. The van der Waals surface area contributed by atoms with Gasteiger partial charge in [0.05, 0.1) is 10.0 Å². The molecule has 0 saturated carbocycles. The summed E-state index contributed by atoms with van der Waals surface area (Å²) in [6, 6.07) is 21.3. The first kappa shape index (κ1) is 18.6. The molecule has 2 N–H and O–H groups in total. The molecule has 0 aromatic heterocycles. The lowest BCUT2D eigenvalue weighted by Gasteiger charge is -2.14. The van der Waals surface area contributed by atoms with Gasteiger partial charge < -0.3 is 15.2 Å². The number of rotatable bonds is 7. The van der Waals surface area contributed by atoms with E-state index in [0.29, 0.717) is 41.3 Å². The number of halogens is 2. The summed E-state index contributed by atoms with van der Waals surface area (Å²) in [5, 5.41) is 1.04. The van der Waals surface area contributed by atoms with Crippen molar-refractivity contribution in [3.05, 3.63) is 82.3 Å². The summed E-state index contributed by atoms with van der Waals surface area (Å²) in [4.78, 5) is 0. The monoisotopic (exact) mass is 387 g/mol.